The molecule has 3 heteroatoms. The molecule has 0 heterocycles. The van der Waals surface area contributed by atoms with Gasteiger partial charge in [0.05, 0.1) is 11.4 Å². The zero-order valence-corrected chi connectivity index (χ0v) is 19.9. The summed E-state index contributed by atoms with van der Waals surface area (Å²) in [7, 11) is 1.84. The molecule has 2 aromatic rings. The highest BCUT2D eigenvalue weighted by Gasteiger charge is 2.23. The molecule has 1 unspecified atom stereocenters. The first-order chi connectivity index (χ1) is 13.9. The average Bonchev–Trinajstić information content (AvgIpc) is 2.70. The van der Waals surface area contributed by atoms with Crippen LogP contribution in [-0.4, -0.2) is 12.1 Å². The van der Waals surface area contributed by atoms with E-state index in [9.17, 15) is 0 Å². The topological polar surface area (TPSA) is 55.3 Å². The fourth-order valence-electron chi connectivity index (χ4n) is 3.20. The third-order valence-electron chi connectivity index (χ3n) is 4.19. The van der Waals surface area contributed by atoms with Gasteiger partial charge in [0.2, 0.25) is 0 Å². The Labute approximate surface area is 179 Å². The van der Waals surface area contributed by atoms with E-state index in [1.54, 1.807) is 5.01 Å². The van der Waals surface area contributed by atoms with Crippen molar-refractivity contribution < 1.29 is 0 Å². The van der Waals surface area contributed by atoms with Crippen LogP contribution in [0.1, 0.15) is 89.5 Å². The fourth-order valence-corrected chi connectivity index (χ4v) is 3.20. The number of nitrogens with two attached hydrogens (primary N) is 2. The number of rotatable bonds is 1. The lowest BCUT2D eigenvalue weighted by Gasteiger charge is -2.28. The summed E-state index contributed by atoms with van der Waals surface area (Å²) >= 11 is 0. The van der Waals surface area contributed by atoms with Crippen molar-refractivity contribution in [2.45, 2.75) is 73.6 Å². The third-order valence-corrected chi connectivity index (χ3v) is 4.19. The highest BCUT2D eigenvalue weighted by atomic mass is 15.4. The molecule has 2 aromatic carbocycles. The largest absolute Gasteiger partial charge is 0.396 e. The van der Waals surface area contributed by atoms with Crippen LogP contribution < -0.4 is 11.6 Å². The van der Waals surface area contributed by atoms with Crippen LogP contribution >= 0.6 is 0 Å². The summed E-state index contributed by atoms with van der Waals surface area (Å²) in [5.74, 6) is 6.51. The number of hydrogen-bond acceptors (Lipinski definition) is 3. The van der Waals surface area contributed by atoms with Gasteiger partial charge in [0.1, 0.15) is 0 Å². The van der Waals surface area contributed by atoms with Gasteiger partial charge >= 0.3 is 0 Å². The molecule has 0 aromatic heterocycles. The molecule has 0 saturated carbocycles. The van der Waals surface area contributed by atoms with E-state index in [4.69, 9.17) is 11.6 Å². The lowest BCUT2D eigenvalue weighted by Crippen LogP contribution is -2.28. The molecule has 162 valence electrons. The lowest BCUT2D eigenvalue weighted by molar-refractivity contribution is 0.510. The van der Waals surface area contributed by atoms with Crippen molar-refractivity contribution in [3.63, 3.8) is 0 Å². The molecular weight excluding hydrogens is 354 g/mol. The molecule has 1 aliphatic carbocycles. The standard InChI is InChI=1S/C18H21N3.2C3H8.C2H6/c1-12-11-13-7-3-4-9-15(13)17(19)18(21(2)20)16-10-6-5-8-14(12)16;2*1-3-2;1-2/h3-10,12H,11,19-20H2,1-2H3;2*3H2,1-2H3;1-2H3/b18-17-;;;. The number of benzene rings is 2. The second-order valence-corrected chi connectivity index (χ2v) is 7.14. The number of fused-ring (bicyclic) bond motifs is 2. The maximum atomic E-state index is 6.48. The van der Waals surface area contributed by atoms with Gasteiger partial charge in [0.15, 0.2) is 0 Å². The number of nitrogens with zero attached hydrogens (tertiary/aromatic N) is 1. The minimum atomic E-state index is 0.422. The molecule has 0 fully saturated rings. The monoisotopic (exact) mass is 397 g/mol. The van der Waals surface area contributed by atoms with Crippen molar-refractivity contribution in [3.8, 4) is 0 Å². The first-order valence-corrected chi connectivity index (χ1v) is 11.1. The molecule has 0 amide bonds. The van der Waals surface area contributed by atoms with E-state index in [1.807, 2.05) is 33.0 Å². The van der Waals surface area contributed by atoms with Crippen LogP contribution in [0, 0.1) is 0 Å². The van der Waals surface area contributed by atoms with Gasteiger partial charge < -0.3 is 10.7 Å². The SMILES string of the molecule is CC.CC1Cc2ccccc2/C(N)=C(/N(C)N)c2ccccc21.CCC.CCC. The van der Waals surface area contributed by atoms with Crippen LogP contribution in [0.25, 0.3) is 11.4 Å². The Bertz CT molecular complexity index is 730. The molecule has 0 spiro atoms. The molecule has 1 aliphatic rings. The summed E-state index contributed by atoms with van der Waals surface area (Å²) in [6.45, 7) is 14.8. The number of hydrogen-bond donors (Lipinski definition) is 2. The van der Waals surface area contributed by atoms with Gasteiger partial charge in [-0.05, 0) is 23.5 Å². The Hall–Kier alpha value is -2.26. The van der Waals surface area contributed by atoms with E-state index in [-0.39, 0.29) is 0 Å². The predicted molar refractivity (Wildman–Crippen MR) is 131 cm³/mol. The Morgan fingerprint density at radius 2 is 1.31 bits per heavy atom. The van der Waals surface area contributed by atoms with E-state index in [1.165, 1.54) is 24.0 Å². The summed E-state index contributed by atoms with van der Waals surface area (Å²) in [5.41, 5.74) is 12.9. The first kappa shape index (κ1) is 26.7. The summed E-state index contributed by atoms with van der Waals surface area (Å²) < 4.78 is 0. The van der Waals surface area contributed by atoms with Crippen molar-refractivity contribution in [1.29, 1.82) is 0 Å². The summed E-state index contributed by atoms with van der Waals surface area (Å²) in [6.07, 6.45) is 3.48. The highest BCUT2D eigenvalue weighted by molar-refractivity contribution is 5.90. The van der Waals surface area contributed by atoms with Crippen molar-refractivity contribution in [3.05, 3.63) is 70.8 Å². The predicted octanol–water partition coefficient (Wildman–Crippen LogP) is 6.80. The molecule has 0 saturated heterocycles. The molecule has 4 N–H and O–H groups in total. The summed E-state index contributed by atoms with van der Waals surface area (Å²) in [5, 5.41) is 1.63. The van der Waals surface area contributed by atoms with Crippen LogP contribution in [0.4, 0.5) is 0 Å². The molecule has 0 aliphatic heterocycles. The lowest BCUT2D eigenvalue weighted by atomic mass is 9.84. The van der Waals surface area contributed by atoms with Gasteiger partial charge in [-0.3, -0.25) is 0 Å². The first-order valence-electron chi connectivity index (χ1n) is 11.1. The Morgan fingerprint density at radius 1 is 0.862 bits per heavy atom. The second-order valence-electron chi connectivity index (χ2n) is 7.14. The minimum Gasteiger partial charge on any atom is -0.396 e. The maximum Gasteiger partial charge on any atom is 0.0825 e. The van der Waals surface area contributed by atoms with E-state index < -0.39 is 0 Å². The van der Waals surface area contributed by atoms with Crippen molar-refractivity contribution in [2.75, 3.05) is 7.05 Å². The Balaban J connectivity index is 0.000000858. The van der Waals surface area contributed by atoms with Crippen LogP contribution in [0.3, 0.4) is 0 Å². The normalized spacial score (nSPS) is 16.7. The van der Waals surface area contributed by atoms with Crippen LogP contribution in [0.15, 0.2) is 48.5 Å². The minimum absolute atomic E-state index is 0.422. The molecular formula is C26H43N3. The quantitative estimate of drug-likeness (QED) is 0.411. The van der Waals surface area contributed by atoms with E-state index in [0.717, 1.165) is 28.9 Å². The van der Waals surface area contributed by atoms with Crippen molar-refractivity contribution in [2.24, 2.45) is 11.6 Å². The molecule has 3 rings (SSSR count). The van der Waals surface area contributed by atoms with Gasteiger partial charge in [0, 0.05) is 18.2 Å². The molecule has 3 nitrogen and oxygen atoms in total. The summed E-state index contributed by atoms with van der Waals surface area (Å²) in [6, 6.07) is 16.7. The van der Waals surface area contributed by atoms with E-state index in [0.29, 0.717) is 5.92 Å². The van der Waals surface area contributed by atoms with Crippen molar-refractivity contribution in [1.82, 2.24) is 5.01 Å². The van der Waals surface area contributed by atoms with Crippen molar-refractivity contribution >= 4 is 11.4 Å². The van der Waals surface area contributed by atoms with Gasteiger partial charge in [-0.25, -0.2) is 5.84 Å². The Kier molecular flexibility index (Phi) is 13.6. The van der Waals surface area contributed by atoms with Crippen LogP contribution in [0.5, 0.6) is 0 Å². The van der Waals surface area contributed by atoms with Crippen LogP contribution in [-0.2, 0) is 6.42 Å². The average molecular weight is 398 g/mol. The van der Waals surface area contributed by atoms with Gasteiger partial charge in [-0.15, -0.1) is 0 Å². The van der Waals surface area contributed by atoms with Gasteiger partial charge in [-0.1, -0.05) is 110 Å². The zero-order chi connectivity index (χ0) is 22.4. The maximum absolute atomic E-state index is 6.48. The van der Waals surface area contributed by atoms with E-state index >= 15 is 0 Å². The molecule has 29 heavy (non-hydrogen) atoms. The molecule has 0 bridgehead atoms. The van der Waals surface area contributed by atoms with Gasteiger partial charge in [-0.2, -0.15) is 0 Å². The summed E-state index contributed by atoms with van der Waals surface area (Å²) in [4.78, 5) is 0. The zero-order valence-electron chi connectivity index (χ0n) is 19.9. The number of hydrazine groups is 1. The molecule has 0 radical (unpaired) electrons. The molecule has 1 atom stereocenters. The highest BCUT2D eigenvalue weighted by Crippen LogP contribution is 2.36. The third kappa shape index (κ3) is 7.58. The van der Waals surface area contributed by atoms with E-state index in [2.05, 4.69) is 71.0 Å². The fraction of sp³-hybridized carbons (Fsp3) is 0.462. The van der Waals surface area contributed by atoms with Gasteiger partial charge in [0.25, 0.3) is 0 Å². The second kappa shape index (κ2) is 14.7. The smallest absolute Gasteiger partial charge is 0.0825 e. The van der Waals surface area contributed by atoms with Crippen LogP contribution in [0.2, 0.25) is 0 Å². The Morgan fingerprint density at radius 3 is 1.83 bits per heavy atom.